The number of allylic oxidation sites excluding steroid dienone is 2. The molecule has 1 aromatic rings. The summed E-state index contributed by atoms with van der Waals surface area (Å²) < 4.78 is 1.62. The van der Waals surface area contributed by atoms with Gasteiger partial charge in [0.2, 0.25) is 0 Å². The molecule has 0 amide bonds. The number of rotatable bonds is 0. The molecule has 3 nitrogen and oxygen atoms in total. The van der Waals surface area contributed by atoms with Gasteiger partial charge in [-0.2, -0.15) is 0 Å². The molecule has 1 unspecified atom stereocenters. The lowest BCUT2D eigenvalue weighted by Gasteiger charge is -1.91. The molecule has 1 aliphatic rings. The van der Waals surface area contributed by atoms with Crippen LogP contribution in [0.25, 0.3) is 12.2 Å². The molecule has 0 saturated carbocycles. The average Bonchev–Trinajstić information content (AvgIpc) is 2.28. The Morgan fingerprint density at radius 3 is 3.08 bits per heavy atom. The van der Waals surface area contributed by atoms with E-state index in [9.17, 15) is 4.79 Å². The van der Waals surface area contributed by atoms with Crippen molar-refractivity contribution in [1.82, 2.24) is 9.55 Å². The molecule has 2 rings (SSSR count). The van der Waals surface area contributed by atoms with E-state index in [1.165, 1.54) is 0 Å². The van der Waals surface area contributed by atoms with Gasteiger partial charge >= 0.3 is 5.69 Å². The van der Waals surface area contributed by atoms with Crippen LogP contribution in [0.4, 0.5) is 0 Å². The monoisotopic (exact) mass is 176 g/mol. The maximum atomic E-state index is 11.3. The van der Waals surface area contributed by atoms with Crippen molar-refractivity contribution in [2.45, 2.75) is 6.92 Å². The predicted octanol–water partition coefficient (Wildman–Crippen LogP) is -0.520. The van der Waals surface area contributed by atoms with Crippen LogP contribution in [-0.4, -0.2) is 9.55 Å². The lowest BCUT2D eigenvalue weighted by molar-refractivity contribution is 0.836. The van der Waals surface area contributed by atoms with E-state index in [2.05, 4.69) is 24.1 Å². The first-order chi connectivity index (χ1) is 6.18. The van der Waals surface area contributed by atoms with Gasteiger partial charge in [-0.15, -0.1) is 0 Å². The third-order valence-corrected chi connectivity index (χ3v) is 2.28. The number of imidazole rings is 1. The fourth-order valence-electron chi connectivity index (χ4n) is 1.52. The largest absolute Gasteiger partial charge is 0.326 e. The normalized spacial score (nSPS) is 20.0. The summed E-state index contributed by atoms with van der Waals surface area (Å²) in [7, 11) is 1.77. The summed E-state index contributed by atoms with van der Waals surface area (Å²) in [6, 6.07) is 0. The Balaban J connectivity index is 2.90. The van der Waals surface area contributed by atoms with E-state index in [4.69, 9.17) is 0 Å². The van der Waals surface area contributed by atoms with E-state index in [0.29, 0.717) is 5.92 Å². The molecule has 3 heteroatoms. The first-order valence-electron chi connectivity index (χ1n) is 4.34. The van der Waals surface area contributed by atoms with Crippen molar-refractivity contribution < 1.29 is 0 Å². The highest BCUT2D eigenvalue weighted by atomic mass is 16.1. The average molecular weight is 176 g/mol. The van der Waals surface area contributed by atoms with Crippen molar-refractivity contribution in [2.24, 2.45) is 13.0 Å². The zero-order valence-electron chi connectivity index (χ0n) is 7.74. The molecule has 0 spiro atoms. The van der Waals surface area contributed by atoms with Gasteiger partial charge in [-0.25, -0.2) is 4.79 Å². The van der Waals surface area contributed by atoms with Gasteiger partial charge in [-0.05, 0) is 12.0 Å². The molecule has 1 N–H and O–H groups in total. The maximum Gasteiger partial charge on any atom is 0.326 e. The second kappa shape index (κ2) is 2.76. The number of nitrogens with zero attached hydrogens (tertiary/aromatic N) is 1. The fourth-order valence-corrected chi connectivity index (χ4v) is 1.52. The number of fused-ring (bicyclic) bond motifs is 1. The van der Waals surface area contributed by atoms with Crippen LogP contribution in [0, 0.1) is 5.92 Å². The zero-order chi connectivity index (χ0) is 9.42. The number of nitrogens with one attached hydrogen (secondary N) is 1. The number of hydrogen-bond donors (Lipinski definition) is 1. The molecule has 0 saturated heterocycles. The molecule has 68 valence electrons. The van der Waals surface area contributed by atoms with E-state index >= 15 is 0 Å². The van der Waals surface area contributed by atoms with Gasteiger partial charge in [0.25, 0.3) is 0 Å². The first-order valence-corrected chi connectivity index (χ1v) is 4.34. The molecular weight excluding hydrogens is 164 g/mol. The summed E-state index contributed by atoms with van der Waals surface area (Å²) in [4.78, 5) is 14.1. The third kappa shape index (κ3) is 1.26. The Hall–Kier alpha value is -1.51. The van der Waals surface area contributed by atoms with E-state index in [0.717, 1.165) is 10.7 Å². The van der Waals surface area contributed by atoms with Crippen LogP contribution in [0.3, 0.4) is 0 Å². The second-order valence-electron chi connectivity index (χ2n) is 3.37. The minimum atomic E-state index is -0.0556. The minimum absolute atomic E-state index is 0.0556. The van der Waals surface area contributed by atoms with Crippen LogP contribution in [-0.2, 0) is 7.05 Å². The second-order valence-corrected chi connectivity index (χ2v) is 3.37. The summed E-state index contributed by atoms with van der Waals surface area (Å²) in [6.07, 6.45) is 8.09. The van der Waals surface area contributed by atoms with Crippen molar-refractivity contribution in [3.8, 4) is 0 Å². The Bertz CT molecular complexity index is 516. The number of hydrogen-bond acceptors (Lipinski definition) is 1. The van der Waals surface area contributed by atoms with E-state index in [-0.39, 0.29) is 5.69 Å². The van der Waals surface area contributed by atoms with E-state index < -0.39 is 0 Å². The highest BCUT2D eigenvalue weighted by molar-refractivity contribution is 5.42. The Kier molecular flexibility index (Phi) is 1.72. The Morgan fingerprint density at radius 1 is 1.54 bits per heavy atom. The van der Waals surface area contributed by atoms with Crippen molar-refractivity contribution in [1.29, 1.82) is 0 Å². The quantitative estimate of drug-likeness (QED) is 0.567. The summed E-state index contributed by atoms with van der Waals surface area (Å²) in [6.45, 7) is 2.09. The third-order valence-electron chi connectivity index (χ3n) is 2.28. The van der Waals surface area contributed by atoms with Gasteiger partial charge in [-0.3, -0.25) is 4.57 Å². The van der Waals surface area contributed by atoms with Crippen LogP contribution in [0.15, 0.2) is 16.9 Å². The molecular formula is C10H12N2O. The molecule has 0 aromatic carbocycles. The molecule has 1 atom stereocenters. The summed E-state index contributed by atoms with van der Waals surface area (Å²) in [5.74, 6) is 0.371. The summed E-state index contributed by atoms with van der Waals surface area (Å²) >= 11 is 0. The standard InChI is InChI=1S/C10H12N2O/c1-7-4-3-5-9-8(6-7)11-10(13)12(9)2/h3-7H,1-2H3,(H,11,13). The zero-order valence-corrected chi connectivity index (χ0v) is 7.74. The fraction of sp³-hybridized carbons (Fsp3) is 0.300. The molecule has 0 aliphatic heterocycles. The van der Waals surface area contributed by atoms with Gasteiger partial charge in [0.15, 0.2) is 0 Å². The molecule has 1 heterocycles. The predicted molar refractivity (Wildman–Crippen MR) is 52.5 cm³/mol. The Morgan fingerprint density at radius 2 is 2.31 bits per heavy atom. The lowest BCUT2D eigenvalue weighted by atomic mass is 10.2. The summed E-state index contributed by atoms with van der Waals surface area (Å²) in [5, 5.41) is 1.87. The van der Waals surface area contributed by atoms with Crippen LogP contribution in [0.5, 0.6) is 0 Å². The van der Waals surface area contributed by atoms with Crippen molar-refractivity contribution >= 4 is 12.2 Å². The van der Waals surface area contributed by atoms with Gasteiger partial charge in [0, 0.05) is 7.05 Å². The number of aromatic amines is 1. The smallest absolute Gasteiger partial charge is 0.306 e. The molecule has 1 aliphatic carbocycles. The molecule has 0 fully saturated rings. The molecule has 0 radical (unpaired) electrons. The van der Waals surface area contributed by atoms with Crippen LogP contribution in [0.1, 0.15) is 6.92 Å². The van der Waals surface area contributed by atoms with Crippen LogP contribution >= 0.6 is 0 Å². The van der Waals surface area contributed by atoms with Crippen molar-refractivity contribution in [2.75, 3.05) is 0 Å². The first kappa shape index (κ1) is 8.10. The highest BCUT2D eigenvalue weighted by Crippen LogP contribution is 1.98. The molecule has 0 bridgehead atoms. The van der Waals surface area contributed by atoms with Crippen LogP contribution < -0.4 is 16.4 Å². The highest BCUT2D eigenvalue weighted by Gasteiger charge is 2.00. The van der Waals surface area contributed by atoms with Gasteiger partial charge in [-0.1, -0.05) is 25.2 Å². The lowest BCUT2D eigenvalue weighted by Crippen LogP contribution is -2.29. The minimum Gasteiger partial charge on any atom is -0.306 e. The topological polar surface area (TPSA) is 37.8 Å². The number of H-pyrrole nitrogens is 1. The number of aromatic nitrogens is 2. The molecule has 13 heavy (non-hydrogen) atoms. The van der Waals surface area contributed by atoms with E-state index in [1.807, 2.05) is 12.2 Å². The van der Waals surface area contributed by atoms with Crippen molar-refractivity contribution in [3.05, 3.63) is 33.3 Å². The Labute approximate surface area is 75.7 Å². The van der Waals surface area contributed by atoms with E-state index in [1.54, 1.807) is 11.6 Å². The SMILES string of the molecule is CC1C=CC=c2c([nH]c(=O)n2C)=C1. The van der Waals surface area contributed by atoms with Crippen LogP contribution in [0.2, 0.25) is 0 Å². The molecule has 1 aromatic heterocycles. The van der Waals surface area contributed by atoms with Gasteiger partial charge < -0.3 is 4.98 Å². The van der Waals surface area contributed by atoms with Crippen molar-refractivity contribution in [3.63, 3.8) is 0 Å². The van der Waals surface area contributed by atoms with Gasteiger partial charge in [0.1, 0.15) is 0 Å². The summed E-state index contributed by atoms with van der Waals surface area (Å²) in [5.41, 5.74) is -0.0556. The maximum absolute atomic E-state index is 11.3. The van der Waals surface area contributed by atoms with Gasteiger partial charge in [0.05, 0.1) is 10.7 Å².